The molecule has 1 fully saturated rings. The average Bonchev–Trinajstić information content (AvgIpc) is 2.19. The van der Waals surface area contributed by atoms with E-state index in [1.54, 1.807) is 6.20 Å². The molecule has 1 aliphatic heterocycles. The van der Waals surface area contributed by atoms with Gasteiger partial charge in [-0.1, -0.05) is 6.92 Å². The minimum atomic E-state index is 0.612. The molecular formula is C11H17N3. The molecule has 1 aromatic heterocycles. The zero-order valence-corrected chi connectivity index (χ0v) is 8.61. The topological polar surface area (TPSA) is 42.2 Å². The van der Waals surface area contributed by atoms with Gasteiger partial charge in [-0.15, -0.1) is 0 Å². The highest BCUT2D eigenvalue weighted by Crippen LogP contribution is 2.23. The van der Waals surface area contributed by atoms with Gasteiger partial charge < -0.3 is 10.6 Å². The first kappa shape index (κ1) is 9.31. The van der Waals surface area contributed by atoms with Crippen molar-refractivity contribution in [2.45, 2.75) is 19.8 Å². The second-order valence-corrected chi connectivity index (χ2v) is 4.11. The average molecular weight is 191 g/mol. The Hall–Kier alpha value is -1.25. The Morgan fingerprint density at radius 1 is 1.43 bits per heavy atom. The number of piperidine rings is 1. The van der Waals surface area contributed by atoms with Crippen LogP contribution >= 0.6 is 0 Å². The third-order valence-electron chi connectivity index (χ3n) is 2.91. The maximum absolute atomic E-state index is 5.65. The fourth-order valence-electron chi connectivity index (χ4n) is 1.90. The van der Waals surface area contributed by atoms with Crippen LogP contribution in [0.1, 0.15) is 19.8 Å². The minimum absolute atomic E-state index is 0.612. The van der Waals surface area contributed by atoms with Crippen molar-refractivity contribution in [3.05, 3.63) is 18.3 Å². The predicted molar refractivity (Wildman–Crippen MR) is 59.3 cm³/mol. The lowest BCUT2D eigenvalue weighted by atomic mass is 9.99. The van der Waals surface area contributed by atoms with Crippen LogP contribution in [0.25, 0.3) is 0 Å². The van der Waals surface area contributed by atoms with E-state index in [0.29, 0.717) is 5.82 Å². The Kier molecular flexibility index (Phi) is 2.57. The van der Waals surface area contributed by atoms with E-state index in [0.717, 1.165) is 19.0 Å². The Labute approximate surface area is 84.9 Å². The van der Waals surface area contributed by atoms with Crippen LogP contribution in [0.5, 0.6) is 0 Å². The lowest BCUT2D eigenvalue weighted by Gasteiger charge is -2.32. The quantitative estimate of drug-likeness (QED) is 0.737. The van der Waals surface area contributed by atoms with E-state index in [9.17, 15) is 0 Å². The number of aromatic nitrogens is 1. The number of nitrogens with two attached hydrogens (primary N) is 1. The molecule has 3 heteroatoms. The maximum Gasteiger partial charge on any atom is 0.125 e. The predicted octanol–water partition coefficient (Wildman–Crippen LogP) is 1.90. The maximum atomic E-state index is 5.65. The molecule has 2 N–H and O–H groups in total. The third kappa shape index (κ3) is 1.97. The van der Waals surface area contributed by atoms with Gasteiger partial charge in [0, 0.05) is 31.0 Å². The lowest BCUT2D eigenvalue weighted by Crippen LogP contribution is -2.32. The molecule has 0 saturated carbocycles. The van der Waals surface area contributed by atoms with Gasteiger partial charge >= 0.3 is 0 Å². The monoisotopic (exact) mass is 191 g/mol. The number of pyridine rings is 1. The molecule has 0 amide bonds. The number of rotatable bonds is 1. The highest BCUT2D eigenvalue weighted by molar-refractivity contribution is 5.52. The molecule has 1 saturated heterocycles. The van der Waals surface area contributed by atoms with Gasteiger partial charge in [-0.2, -0.15) is 0 Å². The number of nitrogen functional groups attached to an aromatic ring is 1. The van der Waals surface area contributed by atoms with Gasteiger partial charge in [0.25, 0.3) is 0 Å². The molecule has 1 aliphatic rings. The summed E-state index contributed by atoms with van der Waals surface area (Å²) < 4.78 is 0. The molecule has 0 aromatic carbocycles. The SMILES string of the molecule is CC1CCN(c2ccnc(N)c2)CC1. The van der Waals surface area contributed by atoms with Crippen molar-refractivity contribution in [2.24, 2.45) is 5.92 Å². The zero-order chi connectivity index (χ0) is 9.97. The fourth-order valence-corrected chi connectivity index (χ4v) is 1.90. The molecule has 2 heterocycles. The minimum Gasteiger partial charge on any atom is -0.384 e. The molecule has 0 unspecified atom stereocenters. The van der Waals surface area contributed by atoms with Crippen LogP contribution in [0.2, 0.25) is 0 Å². The zero-order valence-electron chi connectivity index (χ0n) is 8.61. The smallest absolute Gasteiger partial charge is 0.125 e. The molecule has 76 valence electrons. The lowest BCUT2D eigenvalue weighted by molar-refractivity contribution is 0.438. The molecule has 0 spiro atoms. The molecule has 1 aromatic rings. The Morgan fingerprint density at radius 3 is 2.79 bits per heavy atom. The van der Waals surface area contributed by atoms with E-state index < -0.39 is 0 Å². The first-order valence-electron chi connectivity index (χ1n) is 5.22. The van der Waals surface area contributed by atoms with Crippen molar-refractivity contribution in [3.8, 4) is 0 Å². The Balaban J connectivity index is 2.08. The Bertz CT molecular complexity index is 303. The van der Waals surface area contributed by atoms with Gasteiger partial charge in [-0.25, -0.2) is 4.98 Å². The van der Waals surface area contributed by atoms with Crippen molar-refractivity contribution < 1.29 is 0 Å². The second-order valence-electron chi connectivity index (χ2n) is 4.11. The van der Waals surface area contributed by atoms with Crippen molar-refractivity contribution in [2.75, 3.05) is 23.7 Å². The molecule has 2 rings (SSSR count). The summed E-state index contributed by atoms with van der Waals surface area (Å²) in [5, 5.41) is 0. The third-order valence-corrected chi connectivity index (χ3v) is 2.91. The number of hydrogen-bond acceptors (Lipinski definition) is 3. The van der Waals surface area contributed by atoms with Crippen LogP contribution in [0.15, 0.2) is 18.3 Å². The van der Waals surface area contributed by atoms with Crippen LogP contribution in [-0.2, 0) is 0 Å². The summed E-state index contributed by atoms with van der Waals surface area (Å²) in [6.07, 6.45) is 4.34. The summed E-state index contributed by atoms with van der Waals surface area (Å²) >= 11 is 0. The van der Waals surface area contributed by atoms with Gasteiger partial charge in [0.15, 0.2) is 0 Å². The summed E-state index contributed by atoms with van der Waals surface area (Å²) in [5.41, 5.74) is 6.87. The standard InChI is InChI=1S/C11H17N3/c1-9-3-6-14(7-4-9)10-2-5-13-11(12)8-10/h2,5,8-9H,3-4,6-7H2,1H3,(H2,12,13). The summed E-state index contributed by atoms with van der Waals surface area (Å²) in [4.78, 5) is 6.39. The highest BCUT2D eigenvalue weighted by Gasteiger charge is 2.15. The number of anilines is 2. The molecule has 0 aliphatic carbocycles. The van der Waals surface area contributed by atoms with E-state index >= 15 is 0 Å². The van der Waals surface area contributed by atoms with Gasteiger partial charge in [-0.05, 0) is 24.8 Å². The molecule has 3 nitrogen and oxygen atoms in total. The van der Waals surface area contributed by atoms with E-state index in [1.807, 2.05) is 12.1 Å². The van der Waals surface area contributed by atoms with E-state index in [2.05, 4.69) is 16.8 Å². The summed E-state index contributed by atoms with van der Waals surface area (Å²) in [6, 6.07) is 3.99. The van der Waals surface area contributed by atoms with E-state index in [4.69, 9.17) is 5.73 Å². The van der Waals surface area contributed by atoms with Gasteiger partial charge in [0.05, 0.1) is 0 Å². The second kappa shape index (κ2) is 3.86. The normalized spacial score (nSPS) is 18.5. The first-order valence-corrected chi connectivity index (χ1v) is 5.22. The van der Waals surface area contributed by atoms with Crippen LogP contribution in [0, 0.1) is 5.92 Å². The molecule has 14 heavy (non-hydrogen) atoms. The van der Waals surface area contributed by atoms with Crippen LogP contribution < -0.4 is 10.6 Å². The fraction of sp³-hybridized carbons (Fsp3) is 0.545. The largest absolute Gasteiger partial charge is 0.384 e. The van der Waals surface area contributed by atoms with Crippen molar-refractivity contribution in [1.29, 1.82) is 0 Å². The molecule has 0 radical (unpaired) electrons. The number of nitrogens with zero attached hydrogens (tertiary/aromatic N) is 2. The summed E-state index contributed by atoms with van der Waals surface area (Å²) in [5.74, 6) is 1.48. The van der Waals surface area contributed by atoms with Crippen molar-refractivity contribution in [1.82, 2.24) is 4.98 Å². The molecular weight excluding hydrogens is 174 g/mol. The van der Waals surface area contributed by atoms with Gasteiger partial charge in [0.2, 0.25) is 0 Å². The summed E-state index contributed by atoms with van der Waals surface area (Å²) in [7, 11) is 0. The van der Waals surface area contributed by atoms with E-state index in [-0.39, 0.29) is 0 Å². The Morgan fingerprint density at radius 2 is 2.14 bits per heavy atom. The van der Waals surface area contributed by atoms with Crippen LogP contribution in [-0.4, -0.2) is 18.1 Å². The van der Waals surface area contributed by atoms with Crippen molar-refractivity contribution in [3.63, 3.8) is 0 Å². The molecule has 0 bridgehead atoms. The first-order chi connectivity index (χ1) is 6.75. The van der Waals surface area contributed by atoms with E-state index in [1.165, 1.54) is 18.5 Å². The van der Waals surface area contributed by atoms with Crippen molar-refractivity contribution >= 4 is 11.5 Å². The van der Waals surface area contributed by atoms with Crippen LogP contribution in [0.4, 0.5) is 11.5 Å². The van der Waals surface area contributed by atoms with Crippen LogP contribution in [0.3, 0.4) is 0 Å². The summed E-state index contributed by atoms with van der Waals surface area (Å²) in [6.45, 7) is 4.60. The van der Waals surface area contributed by atoms with Gasteiger partial charge in [-0.3, -0.25) is 0 Å². The molecule has 0 atom stereocenters. The van der Waals surface area contributed by atoms with Gasteiger partial charge in [0.1, 0.15) is 5.82 Å². The highest BCUT2D eigenvalue weighted by atomic mass is 15.1. The number of hydrogen-bond donors (Lipinski definition) is 1.